The standard InChI is InChI=1S/C5H7N2O2/c6-5(9)7-3-1-2-4(7)8/h3H,1-2H2,(H2,6,9). The Morgan fingerprint density at radius 1 is 1.78 bits per heavy atom. The molecule has 0 saturated carbocycles. The Morgan fingerprint density at radius 2 is 2.44 bits per heavy atom. The van der Waals surface area contributed by atoms with Gasteiger partial charge in [0.25, 0.3) is 0 Å². The highest BCUT2D eigenvalue weighted by Gasteiger charge is 2.24. The minimum Gasteiger partial charge on any atom is -0.351 e. The third kappa shape index (κ3) is 1.01. The Morgan fingerprint density at radius 3 is 2.67 bits per heavy atom. The van der Waals surface area contributed by atoms with Crippen LogP contribution in [0, 0.1) is 6.54 Å². The van der Waals surface area contributed by atoms with E-state index in [2.05, 4.69) is 0 Å². The van der Waals surface area contributed by atoms with Crippen LogP contribution in [-0.4, -0.2) is 16.8 Å². The molecule has 1 rings (SSSR count). The number of carbonyl (C=O) groups excluding carboxylic acids is 2. The summed E-state index contributed by atoms with van der Waals surface area (Å²) in [6.07, 6.45) is 1.03. The number of hydrogen-bond donors (Lipinski definition) is 1. The number of nitrogens with two attached hydrogens (primary N) is 1. The van der Waals surface area contributed by atoms with Gasteiger partial charge in [-0.2, -0.15) is 0 Å². The van der Waals surface area contributed by atoms with Crippen LogP contribution in [0.15, 0.2) is 0 Å². The van der Waals surface area contributed by atoms with E-state index >= 15 is 0 Å². The molecule has 1 fully saturated rings. The van der Waals surface area contributed by atoms with Gasteiger partial charge in [-0.05, 0) is 6.42 Å². The van der Waals surface area contributed by atoms with Gasteiger partial charge < -0.3 is 5.73 Å². The first-order valence-electron chi connectivity index (χ1n) is 2.66. The lowest BCUT2D eigenvalue weighted by molar-refractivity contribution is -0.124. The van der Waals surface area contributed by atoms with E-state index in [0.29, 0.717) is 12.8 Å². The molecule has 0 atom stereocenters. The molecule has 2 N–H and O–H groups in total. The van der Waals surface area contributed by atoms with E-state index in [4.69, 9.17) is 5.73 Å². The number of imide groups is 1. The Labute approximate surface area is 52.6 Å². The smallest absolute Gasteiger partial charge is 0.321 e. The molecule has 1 aliphatic heterocycles. The SMILES string of the molecule is NC(=O)N1[CH]CCC1=O. The average molecular weight is 127 g/mol. The molecule has 1 radical (unpaired) electrons. The summed E-state index contributed by atoms with van der Waals surface area (Å²) in [7, 11) is 0. The second-order valence-electron chi connectivity index (χ2n) is 1.82. The highest BCUT2D eigenvalue weighted by atomic mass is 16.2. The van der Waals surface area contributed by atoms with E-state index < -0.39 is 6.03 Å². The van der Waals surface area contributed by atoms with Crippen LogP contribution in [0.3, 0.4) is 0 Å². The molecule has 0 aliphatic carbocycles. The maximum atomic E-state index is 10.6. The van der Waals surface area contributed by atoms with Gasteiger partial charge in [-0.3, -0.25) is 9.69 Å². The van der Waals surface area contributed by atoms with Crippen LogP contribution >= 0.6 is 0 Å². The van der Waals surface area contributed by atoms with Gasteiger partial charge in [-0.15, -0.1) is 0 Å². The van der Waals surface area contributed by atoms with Gasteiger partial charge in [0.05, 0.1) is 6.54 Å². The fraction of sp³-hybridized carbons (Fsp3) is 0.400. The molecule has 0 bridgehead atoms. The van der Waals surface area contributed by atoms with Crippen molar-refractivity contribution in [3.63, 3.8) is 0 Å². The van der Waals surface area contributed by atoms with Crippen molar-refractivity contribution in [2.45, 2.75) is 12.8 Å². The molecule has 0 aromatic rings. The van der Waals surface area contributed by atoms with Crippen molar-refractivity contribution in [1.82, 2.24) is 4.90 Å². The molecule has 0 spiro atoms. The minimum atomic E-state index is -0.683. The van der Waals surface area contributed by atoms with E-state index in [0.717, 1.165) is 4.90 Å². The topological polar surface area (TPSA) is 63.4 Å². The molecule has 3 amide bonds. The molecule has 49 valence electrons. The lowest BCUT2D eigenvalue weighted by atomic mass is 10.4. The van der Waals surface area contributed by atoms with E-state index in [1.807, 2.05) is 0 Å². The molecule has 0 aromatic heterocycles. The number of likely N-dealkylation sites (tertiary alicyclic amines) is 1. The van der Waals surface area contributed by atoms with Crippen molar-refractivity contribution in [3.05, 3.63) is 6.54 Å². The van der Waals surface area contributed by atoms with Crippen molar-refractivity contribution in [2.75, 3.05) is 0 Å². The normalized spacial score (nSPS) is 18.7. The summed E-state index contributed by atoms with van der Waals surface area (Å²) in [5.74, 6) is -0.206. The van der Waals surface area contributed by atoms with Crippen LogP contribution in [0.1, 0.15) is 12.8 Å². The Balaban J connectivity index is 2.60. The first-order chi connectivity index (χ1) is 4.22. The quantitative estimate of drug-likeness (QED) is 0.491. The average Bonchev–Trinajstić information content (AvgIpc) is 2.13. The highest BCUT2D eigenvalue weighted by molar-refractivity contribution is 5.96. The van der Waals surface area contributed by atoms with Crippen LogP contribution in [0.2, 0.25) is 0 Å². The van der Waals surface area contributed by atoms with Gasteiger partial charge in [0.1, 0.15) is 0 Å². The van der Waals surface area contributed by atoms with Crippen molar-refractivity contribution in [2.24, 2.45) is 5.73 Å². The fourth-order valence-corrected chi connectivity index (χ4v) is 0.752. The Hall–Kier alpha value is -1.06. The van der Waals surface area contributed by atoms with Crippen molar-refractivity contribution >= 4 is 11.9 Å². The molecular weight excluding hydrogens is 120 g/mol. The number of amides is 3. The Bertz CT molecular complexity index is 155. The minimum absolute atomic E-state index is 0.206. The third-order valence-electron chi connectivity index (χ3n) is 1.18. The molecule has 1 saturated heterocycles. The fourth-order valence-electron chi connectivity index (χ4n) is 0.752. The van der Waals surface area contributed by atoms with E-state index in [1.54, 1.807) is 0 Å². The molecule has 9 heavy (non-hydrogen) atoms. The second kappa shape index (κ2) is 2.05. The van der Waals surface area contributed by atoms with Gasteiger partial charge >= 0.3 is 6.03 Å². The maximum Gasteiger partial charge on any atom is 0.321 e. The van der Waals surface area contributed by atoms with Crippen molar-refractivity contribution in [1.29, 1.82) is 0 Å². The van der Waals surface area contributed by atoms with E-state index in [1.165, 1.54) is 6.54 Å². The lowest BCUT2D eigenvalue weighted by Crippen LogP contribution is -2.34. The van der Waals surface area contributed by atoms with Gasteiger partial charge in [-0.25, -0.2) is 4.79 Å². The van der Waals surface area contributed by atoms with Gasteiger partial charge in [0.15, 0.2) is 0 Å². The first-order valence-corrected chi connectivity index (χ1v) is 2.66. The number of rotatable bonds is 0. The second-order valence-corrected chi connectivity index (χ2v) is 1.82. The molecule has 1 heterocycles. The number of carbonyl (C=O) groups is 2. The van der Waals surface area contributed by atoms with Gasteiger partial charge in [0, 0.05) is 6.42 Å². The maximum absolute atomic E-state index is 10.6. The van der Waals surface area contributed by atoms with Crippen LogP contribution < -0.4 is 5.73 Å². The van der Waals surface area contributed by atoms with E-state index in [9.17, 15) is 9.59 Å². The summed E-state index contributed by atoms with van der Waals surface area (Å²) >= 11 is 0. The summed E-state index contributed by atoms with van der Waals surface area (Å²) in [5.41, 5.74) is 4.82. The zero-order chi connectivity index (χ0) is 6.85. The number of nitrogens with zero attached hydrogens (tertiary/aromatic N) is 1. The van der Waals surface area contributed by atoms with Gasteiger partial charge in [-0.1, -0.05) is 0 Å². The molecule has 4 heteroatoms. The van der Waals surface area contributed by atoms with E-state index in [-0.39, 0.29) is 5.91 Å². The van der Waals surface area contributed by atoms with Crippen LogP contribution in [-0.2, 0) is 4.79 Å². The predicted octanol–water partition coefficient (Wildman–Crippen LogP) is -0.151. The summed E-state index contributed by atoms with van der Waals surface area (Å²) in [6, 6.07) is -0.683. The molecule has 0 aromatic carbocycles. The first kappa shape index (κ1) is 6.07. The van der Waals surface area contributed by atoms with Gasteiger partial charge in [0.2, 0.25) is 5.91 Å². The Kier molecular flexibility index (Phi) is 1.38. The molecular formula is C5H7N2O2. The largest absolute Gasteiger partial charge is 0.351 e. The number of urea groups is 1. The molecule has 1 aliphatic rings. The molecule has 4 nitrogen and oxygen atoms in total. The van der Waals surface area contributed by atoms with Crippen LogP contribution in [0.25, 0.3) is 0 Å². The number of hydrogen-bond acceptors (Lipinski definition) is 2. The summed E-state index contributed by atoms with van der Waals surface area (Å²) in [4.78, 5) is 21.9. The van der Waals surface area contributed by atoms with Crippen molar-refractivity contribution < 1.29 is 9.59 Å². The zero-order valence-corrected chi connectivity index (χ0v) is 4.83. The monoisotopic (exact) mass is 127 g/mol. The molecule has 0 unspecified atom stereocenters. The summed E-state index contributed by atoms with van der Waals surface area (Å²) in [5, 5.41) is 0. The highest BCUT2D eigenvalue weighted by Crippen LogP contribution is 2.12. The third-order valence-corrected chi connectivity index (χ3v) is 1.18. The number of primary amides is 1. The summed E-state index contributed by atoms with van der Waals surface area (Å²) < 4.78 is 0. The summed E-state index contributed by atoms with van der Waals surface area (Å²) in [6.45, 7) is 1.50. The van der Waals surface area contributed by atoms with Crippen molar-refractivity contribution in [3.8, 4) is 0 Å². The zero-order valence-electron chi connectivity index (χ0n) is 4.83. The lowest BCUT2D eigenvalue weighted by Gasteiger charge is -2.06. The van der Waals surface area contributed by atoms with Crippen LogP contribution in [0.5, 0.6) is 0 Å². The van der Waals surface area contributed by atoms with Crippen LogP contribution in [0.4, 0.5) is 4.79 Å². The predicted molar refractivity (Wildman–Crippen MR) is 30.0 cm³/mol.